The second-order valence-corrected chi connectivity index (χ2v) is 4.79. The van der Waals surface area contributed by atoms with Gasteiger partial charge >= 0.3 is 0 Å². The molecule has 0 aliphatic rings. The molecule has 0 spiro atoms. The standard InChI is InChI=1S/C16H16N4O.2CH4/c1-21-12-8-6-11(7-9-12)10-20-14-5-3-2-4-13(14)15(19-20)16(17)18;;/h2-9H,10H2,1H3,(H3,17,18);2*1H4. The highest BCUT2D eigenvalue weighted by molar-refractivity contribution is 6.05. The average molecular weight is 312 g/mol. The van der Waals surface area contributed by atoms with Gasteiger partial charge in [-0.1, -0.05) is 45.2 Å². The lowest BCUT2D eigenvalue weighted by atomic mass is 10.2. The van der Waals surface area contributed by atoms with Crippen LogP contribution in [0.2, 0.25) is 0 Å². The molecule has 5 nitrogen and oxygen atoms in total. The van der Waals surface area contributed by atoms with E-state index in [1.807, 2.05) is 53.2 Å². The van der Waals surface area contributed by atoms with Gasteiger partial charge in [0, 0.05) is 5.39 Å². The maximum absolute atomic E-state index is 7.65. The predicted molar refractivity (Wildman–Crippen MR) is 96.3 cm³/mol. The zero-order chi connectivity index (χ0) is 14.8. The molecule has 5 heteroatoms. The Labute approximate surface area is 137 Å². The zero-order valence-electron chi connectivity index (χ0n) is 11.7. The first kappa shape index (κ1) is 18.2. The van der Waals surface area contributed by atoms with Gasteiger partial charge in [0.05, 0.1) is 19.2 Å². The van der Waals surface area contributed by atoms with Crippen molar-refractivity contribution in [3.05, 3.63) is 59.8 Å². The van der Waals surface area contributed by atoms with Crippen LogP contribution in [0.15, 0.2) is 48.5 Å². The Bertz CT molecular complexity index is 790. The summed E-state index contributed by atoms with van der Waals surface area (Å²) in [6, 6.07) is 15.7. The number of hydrogen-bond acceptors (Lipinski definition) is 3. The van der Waals surface area contributed by atoms with Crippen LogP contribution < -0.4 is 10.5 Å². The van der Waals surface area contributed by atoms with E-state index in [4.69, 9.17) is 15.9 Å². The first-order valence-corrected chi connectivity index (χ1v) is 6.62. The van der Waals surface area contributed by atoms with Crippen LogP contribution in [-0.2, 0) is 6.54 Å². The van der Waals surface area contributed by atoms with Gasteiger partial charge < -0.3 is 10.5 Å². The predicted octanol–water partition coefficient (Wildman–Crippen LogP) is 3.65. The number of hydrogen-bond donors (Lipinski definition) is 2. The number of nitrogen functional groups attached to an aromatic ring is 1. The highest BCUT2D eigenvalue weighted by atomic mass is 16.5. The molecule has 3 N–H and O–H groups in total. The van der Waals surface area contributed by atoms with Crippen LogP contribution in [0, 0.1) is 5.41 Å². The monoisotopic (exact) mass is 312 g/mol. The molecule has 3 rings (SSSR count). The Balaban J connectivity index is 0.00000132. The van der Waals surface area contributed by atoms with Gasteiger partial charge in [0.1, 0.15) is 17.3 Å². The second-order valence-electron chi connectivity index (χ2n) is 4.79. The van der Waals surface area contributed by atoms with E-state index in [-0.39, 0.29) is 20.7 Å². The Morgan fingerprint density at radius 1 is 1.13 bits per heavy atom. The molecule has 23 heavy (non-hydrogen) atoms. The Kier molecular flexibility index (Phi) is 5.90. The SMILES string of the molecule is C.C.COc1ccc(Cn2nc(C(=N)N)c3ccccc32)cc1. The number of nitrogens with one attached hydrogen (secondary N) is 1. The summed E-state index contributed by atoms with van der Waals surface area (Å²) < 4.78 is 7.03. The summed E-state index contributed by atoms with van der Waals surface area (Å²) in [4.78, 5) is 0. The fourth-order valence-corrected chi connectivity index (χ4v) is 2.35. The summed E-state index contributed by atoms with van der Waals surface area (Å²) >= 11 is 0. The van der Waals surface area contributed by atoms with Gasteiger partial charge in [-0.2, -0.15) is 5.10 Å². The van der Waals surface area contributed by atoms with Crippen LogP contribution in [0.25, 0.3) is 10.9 Å². The van der Waals surface area contributed by atoms with Gasteiger partial charge in [-0.05, 0) is 23.8 Å². The lowest BCUT2D eigenvalue weighted by Crippen LogP contribution is -2.13. The highest BCUT2D eigenvalue weighted by Crippen LogP contribution is 2.20. The number of ether oxygens (including phenoxy) is 1. The summed E-state index contributed by atoms with van der Waals surface area (Å²) in [7, 11) is 1.65. The number of nitrogens with zero attached hydrogens (tertiary/aromatic N) is 2. The van der Waals surface area contributed by atoms with Crippen molar-refractivity contribution in [1.82, 2.24) is 9.78 Å². The lowest BCUT2D eigenvalue weighted by Gasteiger charge is -2.05. The Morgan fingerprint density at radius 3 is 2.39 bits per heavy atom. The van der Waals surface area contributed by atoms with E-state index in [2.05, 4.69) is 5.10 Å². The molecule has 0 aliphatic carbocycles. The average Bonchev–Trinajstić information content (AvgIpc) is 2.87. The van der Waals surface area contributed by atoms with E-state index in [9.17, 15) is 0 Å². The number of nitrogens with two attached hydrogens (primary N) is 1. The van der Waals surface area contributed by atoms with E-state index >= 15 is 0 Å². The van der Waals surface area contributed by atoms with Gasteiger partial charge in [-0.15, -0.1) is 0 Å². The highest BCUT2D eigenvalue weighted by Gasteiger charge is 2.12. The fourth-order valence-electron chi connectivity index (χ4n) is 2.35. The number of para-hydroxylation sites is 1. The first-order chi connectivity index (χ1) is 10.2. The molecular formula is C18H24N4O. The van der Waals surface area contributed by atoms with Gasteiger partial charge in [0.2, 0.25) is 0 Å². The number of aromatic nitrogens is 2. The minimum atomic E-state index is -0.0142. The van der Waals surface area contributed by atoms with Crippen molar-refractivity contribution in [3.63, 3.8) is 0 Å². The summed E-state index contributed by atoms with van der Waals surface area (Å²) in [6.45, 7) is 0.623. The van der Waals surface area contributed by atoms with E-state index in [1.54, 1.807) is 7.11 Å². The summed E-state index contributed by atoms with van der Waals surface area (Å²) in [5, 5.41) is 13.0. The maximum Gasteiger partial charge on any atom is 0.144 e. The Morgan fingerprint density at radius 2 is 1.78 bits per heavy atom. The lowest BCUT2D eigenvalue weighted by molar-refractivity contribution is 0.414. The topological polar surface area (TPSA) is 76.9 Å². The number of benzene rings is 2. The summed E-state index contributed by atoms with van der Waals surface area (Å²) in [5.41, 5.74) is 8.22. The van der Waals surface area contributed by atoms with Crippen molar-refractivity contribution in [1.29, 1.82) is 5.41 Å². The van der Waals surface area contributed by atoms with Gasteiger partial charge in [-0.3, -0.25) is 10.1 Å². The molecule has 0 saturated heterocycles. The van der Waals surface area contributed by atoms with Gasteiger partial charge in [0.15, 0.2) is 0 Å². The molecule has 0 bridgehead atoms. The van der Waals surface area contributed by atoms with Crippen molar-refractivity contribution in [3.8, 4) is 5.75 Å². The third-order valence-corrected chi connectivity index (χ3v) is 3.40. The quantitative estimate of drug-likeness (QED) is 0.570. The van der Waals surface area contributed by atoms with E-state index in [0.717, 1.165) is 22.2 Å². The summed E-state index contributed by atoms with van der Waals surface area (Å²) in [6.07, 6.45) is 0. The molecule has 0 unspecified atom stereocenters. The number of amidine groups is 1. The third-order valence-electron chi connectivity index (χ3n) is 3.40. The molecule has 0 aliphatic heterocycles. The molecule has 0 atom stereocenters. The van der Waals surface area contributed by atoms with Crippen molar-refractivity contribution in [2.75, 3.05) is 7.11 Å². The first-order valence-electron chi connectivity index (χ1n) is 6.62. The van der Waals surface area contributed by atoms with Crippen LogP contribution in [0.5, 0.6) is 5.75 Å². The minimum Gasteiger partial charge on any atom is -0.497 e. The second kappa shape index (κ2) is 7.45. The molecule has 2 aromatic carbocycles. The van der Waals surface area contributed by atoms with Crippen LogP contribution in [-0.4, -0.2) is 22.7 Å². The molecule has 122 valence electrons. The fraction of sp³-hybridized carbons (Fsp3) is 0.222. The van der Waals surface area contributed by atoms with Crippen LogP contribution in [0.4, 0.5) is 0 Å². The van der Waals surface area contributed by atoms with Crippen LogP contribution in [0.3, 0.4) is 0 Å². The molecule has 1 aromatic heterocycles. The molecule has 0 saturated carbocycles. The van der Waals surface area contributed by atoms with Gasteiger partial charge in [0.25, 0.3) is 0 Å². The van der Waals surface area contributed by atoms with Crippen LogP contribution >= 0.6 is 0 Å². The summed E-state index contributed by atoms with van der Waals surface area (Å²) in [5.74, 6) is 0.813. The maximum atomic E-state index is 7.65. The van der Waals surface area contributed by atoms with Crippen molar-refractivity contribution in [2.45, 2.75) is 21.4 Å². The largest absolute Gasteiger partial charge is 0.497 e. The third kappa shape index (κ3) is 3.51. The molecule has 0 amide bonds. The van der Waals surface area contributed by atoms with E-state index < -0.39 is 0 Å². The minimum absolute atomic E-state index is 0. The molecule has 1 heterocycles. The van der Waals surface area contributed by atoms with E-state index in [1.165, 1.54) is 0 Å². The molecule has 3 aromatic rings. The zero-order valence-corrected chi connectivity index (χ0v) is 11.7. The van der Waals surface area contributed by atoms with Crippen molar-refractivity contribution in [2.24, 2.45) is 5.73 Å². The normalized spacial score (nSPS) is 9.78. The molecular weight excluding hydrogens is 288 g/mol. The van der Waals surface area contributed by atoms with Gasteiger partial charge in [-0.25, -0.2) is 0 Å². The molecule has 0 radical (unpaired) electrons. The molecule has 0 fully saturated rings. The number of rotatable bonds is 4. The number of methoxy groups -OCH3 is 1. The van der Waals surface area contributed by atoms with Crippen molar-refractivity contribution >= 4 is 16.7 Å². The van der Waals surface area contributed by atoms with Crippen molar-refractivity contribution < 1.29 is 4.74 Å². The van der Waals surface area contributed by atoms with Crippen LogP contribution in [0.1, 0.15) is 26.1 Å². The number of fused-ring (bicyclic) bond motifs is 1. The van der Waals surface area contributed by atoms with E-state index in [0.29, 0.717) is 12.2 Å². The Hall–Kier alpha value is -2.82. The smallest absolute Gasteiger partial charge is 0.144 e.